The van der Waals surface area contributed by atoms with E-state index in [9.17, 15) is 4.79 Å². The van der Waals surface area contributed by atoms with Crippen molar-refractivity contribution in [3.05, 3.63) is 29.3 Å². The van der Waals surface area contributed by atoms with Gasteiger partial charge in [-0.25, -0.2) is 0 Å². The Hall–Kier alpha value is -1.55. The molecule has 1 aliphatic rings. The standard InChI is InChI=1S/C17H26N2O2/c1-3-8-18-16-5-4-13(2)11-15(16)17(20)19-12-14-6-9-21-10-7-14/h4-5,11,14,18H,3,6-10,12H2,1-2H3,(H,19,20). The zero-order chi connectivity index (χ0) is 15.1. The van der Waals surface area contributed by atoms with Crippen LogP contribution in [0.3, 0.4) is 0 Å². The van der Waals surface area contributed by atoms with E-state index in [2.05, 4.69) is 17.6 Å². The molecule has 0 saturated carbocycles. The lowest BCUT2D eigenvalue weighted by Crippen LogP contribution is -2.32. The van der Waals surface area contributed by atoms with Crippen LogP contribution in [0.1, 0.15) is 42.1 Å². The molecule has 2 N–H and O–H groups in total. The second-order valence-corrected chi connectivity index (χ2v) is 5.74. The highest BCUT2D eigenvalue weighted by atomic mass is 16.5. The fraction of sp³-hybridized carbons (Fsp3) is 0.588. The third-order valence-electron chi connectivity index (χ3n) is 3.88. The summed E-state index contributed by atoms with van der Waals surface area (Å²) in [5.41, 5.74) is 2.77. The molecule has 1 aromatic rings. The van der Waals surface area contributed by atoms with E-state index >= 15 is 0 Å². The maximum absolute atomic E-state index is 12.4. The molecule has 116 valence electrons. The van der Waals surface area contributed by atoms with Crippen LogP contribution >= 0.6 is 0 Å². The van der Waals surface area contributed by atoms with E-state index in [0.717, 1.165) is 62.4 Å². The van der Waals surface area contributed by atoms with Gasteiger partial charge in [-0.1, -0.05) is 18.6 Å². The van der Waals surface area contributed by atoms with Gasteiger partial charge in [0.25, 0.3) is 5.91 Å². The number of hydrogen-bond acceptors (Lipinski definition) is 3. The SMILES string of the molecule is CCCNc1ccc(C)cc1C(=O)NCC1CCOCC1. The van der Waals surface area contributed by atoms with Gasteiger partial charge in [0.1, 0.15) is 0 Å². The molecule has 1 amide bonds. The van der Waals surface area contributed by atoms with Crippen molar-refractivity contribution < 1.29 is 9.53 Å². The summed E-state index contributed by atoms with van der Waals surface area (Å²) in [6.45, 7) is 7.38. The second kappa shape index (κ2) is 8.03. The Kier molecular flexibility index (Phi) is 6.05. The third kappa shape index (κ3) is 4.74. The molecule has 1 fully saturated rings. The lowest BCUT2D eigenvalue weighted by molar-refractivity contribution is 0.0643. The number of carbonyl (C=O) groups is 1. The highest BCUT2D eigenvalue weighted by Gasteiger charge is 2.16. The number of nitrogens with one attached hydrogen (secondary N) is 2. The van der Waals surface area contributed by atoms with Crippen LogP contribution < -0.4 is 10.6 Å². The minimum Gasteiger partial charge on any atom is -0.384 e. The first-order chi connectivity index (χ1) is 10.2. The van der Waals surface area contributed by atoms with E-state index in [1.165, 1.54) is 0 Å². The number of amides is 1. The molecule has 4 nitrogen and oxygen atoms in total. The molecule has 1 aliphatic heterocycles. The van der Waals surface area contributed by atoms with Gasteiger partial charge >= 0.3 is 0 Å². The Morgan fingerprint density at radius 2 is 2.10 bits per heavy atom. The summed E-state index contributed by atoms with van der Waals surface area (Å²) in [5, 5.41) is 6.41. The lowest BCUT2D eigenvalue weighted by atomic mass is 10.00. The fourth-order valence-electron chi connectivity index (χ4n) is 2.54. The number of aryl methyl sites for hydroxylation is 1. The molecular formula is C17H26N2O2. The average molecular weight is 290 g/mol. The van der Waals surface area contributed by atoms with Crippen molar-refractivity contribution in [1.82, 2.24) is 5.32 Å². The fourth-order valence-corrected chi connectivity index (χ4v) is 2.54. The predicted molar refractivity (Wildman–Crippen MR) is 85.8 cm³/mol. The Labute approximate surface area is 127 Å². The van der Waals surface area contributed by atoms with Gasteiger partial charge in [-0.3, -0.25) is 4.79 Å². The normalized spacial score (nSPS) is 15.7. The molecule has 1 saturated heterocycles. The van der Waals surface area contributed by atoms with Crippen LogP contribution in [0, 0.1) is 12.8 Å². The van der Waals surface area contributed by atoms with Crippen molar-refractivity contribution in [2.75, 3.05) is 31.6 Å². The molecule has 1 heterocycles. The van der Waals surface area contributed by atoms with Gasteiger partial charge in [-0.15, -0.1) is 0 Å². The van der Waals surface area contributed by atoms with Gasteiger partial charge in [0, 0.05) is 32.0 Å². The van der Waals surface area contributed by atoms with E-state index in [1.54, 1.807) is 0 Å². The average Bonchev–Trinajstić information content (AvgIpc) is 2.52. The molecule has 4 heteroatoms. The molecule has 0 unspecified atom stereocenters. The summed E-state index contributed by atoms with van der Waals surface area (Å²) in [4.78, 5) is 12.4. The van der Waals surface area contributed by atoms with Crippen LogP contribution in [0.15, 0.2) is 18.2 Å². The molecular weight excluding hydrogens is 264 g/mol. The first kappa shape index (κ1) is 15.8. The van der Waals surface area contributed by atoms with Crippen LogP contribution in [0.4, 0.5) is 5.69 Å². The van der Waals surface area contributed by atoms with Crippen LogP contribution in [0.5, 0.6) is 0 Å². The van der Waals surface area contributed by atoms with Gasteiger partial charge in [-0.05, 0) is 44.2 Å². The molecule has 2 rings (SSSR count). The van der Waals surface area contributed by atoms with Gasteiger partial charge in [-0.2, -0.15) is 0 Å². The van der Waals surface area contributed by atoms with Gasteiger partial charge in [0.15, 0.2) is 0 Å². The zero-order valence-electron chi connectivity index (χ0n) is 13.1. The third-order valence-corrected chi connectivity index (χ3v) is 3.88. The summed E-state index contributed by atoms with van der Waals surface area (Å²) in [6.07, 6.45) is 3.11. The lowest BCUT2D eigenvalue weighted by Gasteiger charge is -2.22. The maximum atomic E-state index is 12.4. The summed E-state index contributed by atoms with van der Waals surface area (Å²) in [5.74, 6) is 0.559. The van der Waals surface area contributed by atoms with E-state index in [0.29, 0.717) is 5.92 Å². The van der Waals surface area contributed by atoms with Crippen molar-refractivity contribution in [3.8, 4) is 0 Å². The first-order valence-corrected chi connectivity index (χ1v) is 7.91. The Morgan fingerprint density at radius 3 is 2.81 bits per heavy atom. The van der Waals surface area contributed by atoms with Crippen LogP contribution in [-0.4, -0.2) is 32.2 Å². The monoisotopic (exact) mass is 290 g/mol. The van der Waals surface area contributed by atoms with Gasteiger partial charge in [0.2, 0.25) is 0 Å². The number of anilines is 1. The minimum absolute atomic E-state index is 0.0174. The minimum atomic E-state index is 0.0174. The molecule has 0 aromatic heterocycles. The van der Waals surface area contributed by atoms with E-state index in [4.69, 9.17) is 4.74 Å². The van der Waals surface area contributed by atoms with E-state index < -0.39 is 0 Å². The van der Waals surface area contributed by atoms with Crippen molar-refractivity contribution in [2.45, 2.75) is 33.1 Å². The maximum Gasteiger partial charge on any atom is 0.253 e. The molecule has 0 spiro atoms. The van der Waals surface area contributed by atoms with Crippen molar-refractivity contribution in [2.24, 2.45) is 5.92 Å². The smallest absolute Gasteiger partial charge is 0.253 e. The number of rotatable bonds is 6. The largest absolute Gasteiger partial charge is 0.384 e. The molecule has 1 aromatic carbocycles. The van der Waals surface area contributed by atoms with Crippen LogP contribution in [-0.2, 0) is 4.74 Å². The van der Waals surface area contributed by atoms with Crippen molar-refractivity contribution >= 4 is 11.6 Å². The predicted octanol–water partition coefficient (Wildman–Crippen LogP) is 2.97. The van der Waals surface area contributed by atoms with E-state index in [1.807, 2.05) is 25.1 Å². The van der Waals surface area contributed by atoms with Crippen LogP contribution in [0.25, 0.3) is 0 Å². The van der Waals surface area contributed by atoms with E-state index in [-0.39, 0.29) is 5.91 Å². The second-order valence-electron chi connectivity index (χ2n) is 5.74. The number of ether oxygens (including phenoxy) is 1. The molecule has 0 radical (unpaired) electrons. The Bertz CT molecular complexity index is 468. The first-order valence-electron chi connectivity index (χ1n) is 7.91. The summed E-state index contributed by atoms with van der Waals surface area (Å²) in [6, 6.07) is 5.99. The quantitative estimate of drug-likeness (QED) is 0.847. The zero-order valence-corrected chi connectivity index (χ0v) is 13.1. The van der Waals surface area contributed by atoms with Crippen molar-refractivity contribution in [1.29, 1.82) is 0 Å². The Balaban J connectivity index is 1.97. The Morgan fingerprint density at radius 1 is 1.33 bits per heavy atom. The summed E-state index contributed by atoms with van der Waals surface area (Å²) in [7, 11) is 0. The molecule has 0 atom stereocenters. The number of carbonyl (C=O) groups excluding carboxylic acids is 1. The number of benzene rings is 1. The van der Waals surface area contributed by atoms with Crippen molar-refractivity contribution in [3.63, 3.8) is 0 Å². The molecule has 0 bridgehead atoms. The summed E-state index contributed by atoms with van der Waals surface area (Å²) >= 11 is 0. The number of hydrogen-bond donors (Lipinski definition) is 2. The topological polar surface area (TPSA) is 50.4 Å². The highest BCUT2D eigenvalue weighted by Crippen LogP contribution is 2.18. The molecule has 0 aliphatic carbocycles. The summed E-state index contributed by atoms with van der Waals surface area (Å²) < 4.78 is 5.35. The van der Waals surface area contributed by atoms with Gasteiger partial charge in [0.05, 0.1) is 5.56 Å². The van der Waals surface area contributed by atoms with Crippen LogP contribution in [0.2, 0.25) is 0 Å². The molecule has 21 heavy (non-hydrogen) atoms. The van der Waals surface area contributed by atoms with Gasteiger partial charge < -0.3 is 15.4 Å². The highest BCUT2D eigenvalue weighted by molar-refractivity contribution is 5.99.